The number of H-pyrrole nitrogens is 1. The first-order valence-electron chi connectivity index (χ1n) is 9.61. The molecule has 1 saturated heterocycles. The Bertz CT molecular complexity index is 1160. The van der Waals surface area contributed by atoms with Gasteiger partial charge in [-0.3, -0.25) is 4.90 Å². The normalized spacial score (nSPS) is 16.5. The second kappa shape index (κ2) is 7.01. The van der Waals surface area contributed by atoms with Crippen LogP contribution in [0.2, 0.25) is 0 Å². The van der Waals surface area contributed by atoms with Gasteiger partial charge in [0.05, 0.1) is 29.9 Å². The highest BCUT2D eigenvalue weighted by molar-refractivity contribution is 5.97. The third-order valence-corrected chi connectivity index (χ3v) is 5.09. The molecule has 1 unspecified atom stereocenters. The van der Waals surface area contributed by atoms with Crippen LogP contribution in [0.25, 0.3) is 22.4 Å². The molecule has 1 aliphatic heterocycles. The summed E-state index contributed by atoms with van der Waals surface area (Å²) in [5.74, 6) is 0.604. The fourth-order valence-corrected chi connectivity index (χ4v) is 3.65. The quantitative estimate of drug-likeness (QED) is 0.547. The van der Waals surface area contributed by atoms with E-state index < -0.39 is 0 Å². The molecule has 0 radical (unpaired) electrons. The highest BCUT2D eigenvalue weighted by atomic mass is 16.2. The first-order chi connectivity index (χ1) is 14.2. The Kier molecular flexibility index (Phi) is 4.19. The van der Waals surface area contributed by atoms with E-state index in [2.05, 4.69) is 37.6 Å². The lowest BCUT2D eigenvalue weighted by Gasteiger charge is -2.23. The van der Waals surface area contributed by atoms with Gasteiger partial charge in [0.15, 0.2) is 0 Å². The van der Waals surface area contributed by atoms with Crippen LogP contribution >= 0.6 is 0 Å². The lowest BCUT2D eigenvalue weighted by Crippen LogP contribution is -2.29. The van der Waals surface area contributed by atoms with Crippen LogP contribution in [-0.2, 0) is 6.54 Å². The number of tetrazole rings is 1. The van der Waals surface area contributed by atoms with Crippen molar-refractivity contribution in [2.75, 3.05) is 11.4 Å². The molecule has 0 bridgehead atoms. The molecule has 2 aromatic carbocycles. The number of hydrogen-bond donors (Lipinski definition) is 2. The molecule has 29 heavy (non-hydrogen) atoms. The number of aryl methyl sites for hydroxylation is 1. The SMILES string of the molecule is CCCn1nnc(-c2ccc(C3CNC(=O)N3c3ccc4nc[nH]c4c3)cc2)n1. The van der Waals surface area contributed by atoms with Crippen molar-refractivity contribution >= 4 is 22.8 Å². The number of carbonyl (C=O) groups is 1. The van der Waals surface area contributed by atoms with Crippen LogP contribution < -0.4 is 10.2 Å². The maximum absolute atomic E-state index is 12.5. The Hall–Kier alpha value is -3.75. The molecule has 0 spiro atoms. The Balaban J connectivity index is 1.43. The molecule has 0 aliphatic carbocycles. The minimum atomic E-state index is -0.109. The molecule has 9 heteroatoms. The van der Waals surface area contributed by atoms with Gasteiger partial charge in [-0.15, -0.1) is 10.2 Å². The van der Waals surface area contributed by atoms with Crippen molar-refractivity contribution in [2.45, 2.75) is 25.9 Å². The fourth-order valence-electron chi connectivity index (χ4n) is 3.65. The van der Waals surface area contributed by atoms with E-state index in [1.165, 1.54) is 0 Å². The van der Waals surface area contributed by atoms with Gasteiger partial charge in [-0.1, -0.05) is 31.2 Å². The minimum Gasteiger partial charge on any atom is -0.345 e. The number of aromatic amines is 1. The molecule has 1 aliphatic rings. The average molecular weight is 388 g/mol. The lowest BCUT2D eigenvalue weighted by atomic mass is 10.0. The molecule has 0 saturated carbocycles. The highest BCUT2D eigenvalue weighted by Gasteiger charge is 2.33. The van der Waals surface area contributed by atoms with Crippen molar-refractivity contribution in [3.8, 4) is 11.4 Å². The molecule has 1 atom stereocenters. The zero-order valence-electron chi connectivity index (χ0n) is 15.9. The van der Waals surface area contributed by atoms with Crippen LogP contribution in [0.5, 0.6) is 0 Å². The van der Waals surface area contributed by atoms with Crippen LogP contribution in [-0.4, -0.2) is 42.8 Å². The maximum Gasteiger partial charge on any atom is 0.322 e. The molecule has 2 amide bonds. The van der Waals surface area contributed by atoms with Gasteiger partial charge in [-0.05, 0) is 35.4 Å². The molecule has 146 valence electrons. The lowest BCUT2D eigenvalue weighted by molar-refractivity contribution is 0.251. The Morgan fingerprint density at radius 3 is 2.86 bits per heavy atom. The van der Waals surface area contributed by atoms with Gasteiger partial charge in [0, 0.05) is 17.8 Å². The summed E-state index contributed by atoms with van der Waals surface area (Å²) in [6, 6.07) is 13.6. The number of benzene rings is 2. The van der Waals surface area contributed by atoms with E-state index >= 15 is 0 Å². The van der Waals surface area contributed by atoms with E-state index in [0.717, 1.165) is 40.8 Å². The van der Waals surface area contributed by atoms with E-state index in [9.17, 15) is 4.79 Å². The average Bonchev–Trinajstić information content (AvgIpc) is 3.47. The standard InChI is InChI=1S/C20H20N8O/c1-2-9-27-25-19(24-26-27)14-5-3-13(4-6-14)18-11-21-20(29)28(18)15-7-8-16-17(10-15)23-12-22-16/h3-8,10,12,18H,2,9,11H2,1H3,(H,21,29)(H,22,23). The van der Waals surface area contributed by atoms with Gasteiger partial charge < -0.3 is 10.3 Å². The Labute approximate surface area is 166 Å². The summed E-state index contributed by atoms with van der Waals surface area (Å²) in [7, 11) is 0. The van der Waals surface area contributed by atoms with Gasteiger partial charge >= 0.3 is 6.03 Å². The van der Waals surface area contributed by atoms with Crippen molar-refractivity contribution < 1.29 is 4.79 Å². The molecular formula is C20H20N8O. The van der Waals surface area contributed by atoms with Crippen molar-refractivity contribution in [3.63, 3.8) is 0 Å². The van der Waals surface area contributed by atoms with E-state index in [1.54, 1.807) is 16.0 Å². The first-order valence-corrected chi connectivity index (χ1v) is 9.61. The van der Waals surface area contributed by atoms with E-state index in [1.807, 2.05) is 42.5 Å². The third-order valence-electron chi connectivity index (χ3n) is 5.09. The number of amides is 2. The minimum absolute atomic E-state index is 0.0966. The van der Waals surface area contributed by atoms with Crippen molar-refractivity contribution in [3.05, 3.63) is 54.4 Å². The van der Waals surface area contributed by atoms with E-state index in [0.29, 0.717) is 12.4 Å². The Morgan fingerprint density at radius 2 is 2.03 bits per heavy atom. The third kappa shape index (κ3) is 3.10. The van der Waals surface area contributed by atoms with Gasteiger partial charge in [-0.2, -0.15) is 4.80 Å². The monoisotopic (exact) mass is 388 g/mol. The number of imidazole rings is 1. The highest BCUT2D eigenvalue weighted by Crippen LogP contribution is 2.32. The molecule has 9 nitrogen and oxygen atoms in total. The number of nitrogens with one attached hydrogen (secondary N) is 2. The first kappa shape index (κ1) is 17.4. The van der Waals surface area contributed by atoms with Crippen LogP contribution in [0.15, 0.2) is 48.8 Å². The second-order valence-corrected chi connectivity index (χ2v) is 7.01. The van der Waals surface area contributed by atoms with E-state index in [4.69, 9.17) is 0 Å². The molecule has 3 heterocycles. The predicted molar refractivity (Wildman–Crippen MR) is 108 cm³/mol. The van der Waals surface area contributed by atoms with Crippen LogP contribution in [0.3, 0.4) is 0 Å². The molecule has 2 N–H and O–H groups in total. The van der Waals surface area contributed by atoms with Gasteiger partial charge in [-0.25, -0.2) is 9.78 Å². The number of aromatic nitrogens is 6. The predicted octanol–water partition coefficient (Wildman–Crippen LogP) is 2.90. The van der Waals surface area contributed by atoms with Gasteiger partial charge in [0.2, 0.25) is 5.82 Å². The van der Waals surface area contributed by atoms with Gasteiger partial charge in [0.1, 0.15) is 0 Å². The number of carbonyl (C=O) groups excluding carboxylic acids is 1. The summed E-state index contributed by atoms with van der Waals surface area (Å²) in [4.78, 5) is 23.3. The van der Waals surface area contributed by atoms with Crippen LogP contribution in [0, 0.1) is 0 Å². The van der Waals surface area contributed by atoms with Crippen molar-refractivity contribution in [2.24, 2.45) is 0 Å². The largest absolute Gasteiger partial charge is 0.345 e. The number of fused-ring (bicyclic) bond motifs is 1. The maximum atomic E-state index is 12.5. The zero-order valence-corrected chi connectivity index (χ0v) is 15.9. The zero-order chi connectivity index (χ0) is 19.8. The van der Waals surface area contributed by atoms with Crippen LogP contribution in [0.1, 0.15) is 24.9 Å². The number of urea groups is 1. The van der Waals surface area contributed by atoms with Crippen molar-refractivity contribution in [1.29, 1.82) is 0 Å². The molecule has 4 aromatic rings. The Morgan fingerprint density at radius 1 is 1.17 bits per heavy atom. The molecule has 2 aromatic heterocycles. The topological polar surface area (TPSA) is 105 Å². The summed E-state index contributed by atoms with van der Waals surface area (Å²) < 4.78 is 0. The summed E-state index contributed by atoms with van der Waals surface area (Å²) in [6.07, 6.45) is 2.61. The van der Waals surface area contributed by atoms with E-state index in [-0.39, 0.29) is 12.1 Å². The molecule has 1 fully saturated rings. The summed E-state index contributed by atoms with van der Waals surface area (Å²) >= 11 is 0. The fraction of sp³-hybridized carbons (Fsp3) is 0.250. The number of anilines is 1. The van der Waals surface area contributed by atoms with Crippen LogP contribution in [0.4, 0.5) is 10.5 Å². The number of rotatable bonds is 5. The second-order valence-electron chi connectivity index (χ2n) is 7.01. The van der Waals surface area contributed by atoms with Gasteiger partial charge in [0.25, 0.3) is 0 Å². The summed E-state index contributed by atoms with van der Waals surface area (Å²) in [6.45, 7) is 3.37. The molecule has 5 rings (SSSR count). The van der Waals surface area contributed by atoms with Crippen molar-refractivity contribution in [1.82, 2.24) is 35.5 Å². The smallest absolute Gasteiger partial charge is 0.322 e. The number of nitrogens with zero attached hydrogens (tertiary/aromatic N) is 6. The summed E-state index contributed by atoms with van der Waals surface area (Å²) in [5.41, 5.74) is 4.54. The number of hydrogen-bond acceptors (Lipinski definition) is 5. The summed E-state index contributed by atoms with van der Waals surface area (Å²) in [5, 5.41) is 15.5. The molecular weight excluding hydrogens is 368 g/mol.